The average molecular weight is 377 g/mol. The van der Waals surface area contributed by atoms with Gasteiger partial charge >= 0.3 is 0 Å². The van der Waals surface area contributed by atoms with E-state index in [4.69, 9.17) is 0 Å². The fourth-order valence-electron chi connectivity index (χ4n) is 2.42. The number of anilines is 1. The SMILES string of the molecule is CNC(=O)Cc1ccc(NC(=O)c2cccnc2Sc2ccccc2)cc1. The largest absolute Gasteiger partial charge is 0.359 e. The van der Waals surface area contributed by atoms with Crippen molar-refractivity contribution in [3.8, 4) is 0 Å². The van der Waals surface area contributed by atoms with Crippen LogP contribution in [0.25, 0.3) is 0 Å². The second-order valence-electron chi connectivity index (χ2n) is 5.77. The first-order valence-corrected chi connectivity index (χ1v) is 9.26. The van der Waals surface area contributed by atoms with Gasteiger partial charge in [-0.05, 0) is 42.0 Å². The van der Waals surface area contributed by atoms with Gasteiger partial charge < -0.3 is 10.6 Å². The van der Waals surface area contributed by atoms with Gasteiger partial charge in [-0.3, -0.25) is 9.59 Å². The monoisotopic (exact) mass is 377 g/mol. The van der Waals surface area contributed by atoms with Crippen LogP contribution in [0.2, 0.25) is 0 Å². The van der Waals surface area contributed by atoms with Gasteiger partial charge in [-0.2, -0.15) is 0 Å². The van der Waals surface area contributed by atoms with E-state index < -0.39 is 0 Å². The lowest BCUT2D eigenvalue weighted by molar-refractivity contribution is -0.119. The Morgan fingerprint density at radius 3 is 2.41 bits per heavy atom. The molecule has 0 bridgehead atoms. The van der Waals surface area contributed by atoms with Crippen LogP contribution in [-0.2, 0) is 11.2 Å². The maximum atomic E-state index is 12.7. The first kappa shape index (κ1) is 18.7. The highest BCUT2D eigenvalue weighted by Gasteiger charge is 2.14. The van der Waals surface area contributed by atoms with Crippen molar-refractivity contribution in [3.05, 3.63) is 84.1 Å². The molecule has 5 nitrogen and oxygen atoms in total. The number of aromatic nitrogens is 1. The first-order valence-electron chi connectivity index (χ1n) is 8.44. The van der Waals surface area contributed by atoms with Crippen molar-refractivity contribution in [2.75, 3.05) is 12.4 Å². The Hall–Kier alpha value is -3.12. The van der Waals surface area contributed by atoms with Gasteiger partial charge in [-0.1, -0.05) is 42.1 Å². The Morgan fingerprint density at radius 1 is 0.963 bits per heavy atom. The molecule has 0 unspecified atom stereocenters. The molecule has 0 radical (unpaired) electrons. The number of carbonyl (C=O) groups is 2. The molecule has 2 N–H and O–H groups in total. The molecule has 0 fully saturated rings. The standard InChI is InChI=1S/C21H19N3O2S/c1-22-19(25)14-15-9-11-16(12-10-15)24-20(26)18-8-5-13-23-21(18)27-17-6-3-2-4-7-17/h2-13H,14H2,1H3,(H,22,25)(H,24,26). The topological polar surface area (TPSA) is 71.1 Å². The van der Waals surface area contributed by atoms with Crippen LogP contribution in [0.15, 0.2) is 82.8 Å². The fourth-order valence-corrected chi connectivity index (χ4v) is 3.32. The molecule has 3 rings (SSSR count). The zero-order valence-corrected chi connectivity index (χ0v) is 15.6. The Balaban J connectivity index is 1.72. The Labute approximate surface area is 162 Å². The van der Waals surface area contributed by atoms with E-state index in [2.05, 4.69) is 15.6 Å². The highest BCUT2D eigenvalue weighted by atomic mass is 32.2. The smallest absolute Gasteiger partial charge is 0.258 e. The van der Waals surface area contributed by atoms with Crippen molar-refractivity contribution < 1.29 is 9.59 Å². The third kappa shape index (κ3) is 5.18. The molecular weight excluding hydrogens is 358 g/mol. The highest BCUT2D eigenvalue weighted by Crippen LogP contribution is 2.28. The molecule has 0 aliphatic rings. The van der Waals surface area contributed by atoms with Crippen LogP contribution in [-0.4, -0.2) is 23.8 Å². The molecule has 0 saturated carbocycles. The van der Waals surface area contributed by atoms with Gasteiger partial charge in [0, 0.05) is 23.8 Å². The van der Waals surface area contributed by atoms with Crippen LogP contribution >= 0.6 is 11.8 Å². The number of likely N-dealkylation sites (N-methyl/N-ethyl adjacent to an activating group) is 1. The summed E-state index contributed by atoms with van der Waals surface area (Å²) in [6, 6.07) is 20.5. The first-order chi connectivity index (χ1) is 13.2. The zero-order valence-electron chi connectivity index (χ0n) is 14.8. The van der Waals surface area contributed by atoms with Gasteiger partial charge in [0.2, 0.25) is 5.91 Å². The lowest BCUT2D eigenvalue weighted by Crippen LogP contribution is -2.19. The van der Waals surface area contributed by atoms with Crippen molar-refractivity contribution in [1.29, 1.82) is 0 Å². The summed E-state index contributed by atoms with van der Waals surface area (Å²) in [7, 11) is 1.61. The molecule has 1 aromatic heterocycles. The van der Waals surface area contributed by atoms with Gasteiger partial charge in [0.05, 0.1) is 12.0 Å². The summed E-state index contributed by atoms with van der Waals surface area (Å²) in [4.78, 5) is 29.5. The van der Waals surface area contributed by atoms with Crippen molar-refractivity contribution in [3.63, 3.8) is 0 Å². The minimum Gasteiger partial charge on any atom is -0.359 e. The Kier molecular flexibility index (Phi) is 6.22. The number of carbonyl (C=O) groups excluding carboxylic acids is 2. The minimum atomic E-state index is -0.222. The van der Waals surface area contributed by atoms with E-state index in [9.17, 15) is 9.59 Å². The molecular formula is C21H19N3O2S. The number of hydrogen-bond acceptors (Lipinski definition) is 4. The van der Waals surface area contributed by atoms with Gasteiger partial charge in [0.1, 0.15) is 5.03 Å². The normalized spacial score (nSPS) is 10.3. The Morgan fingerprint density at radius 2 is 1.70 bits per heavy atom. The van der Waals surface area contributed by atoms with Crippen LogP contribution in [0.4, 0.5) is 5.69 Å². The van der Waals surface area contributed by atoms with E-state index in [1.807, 2.05) is 42.5 Å². The van der Waals surface area contributed by atoms with Crippen LogP contribution in [0, 0.1) is 0 Å². The van der Waals surface area contributed by atoms with Crippen LogP contribution in [0.3, 0.4) is 0 Å². The number of rotatable bonds is 6. The Bertz CT molecular complexity index is 928. The van der Waals surface area contributed by atoms with E-state index in [0.29, 0.717) is 22.7 Å². The molecule has 0 aliphatic heterocycles. The van der Waals surface area contributed by atoms with Gasteiger partial charge in [-0.15, -0.1) is 0 Å². The van der Waals surface area contributed by atoms with Crippen molar-refractivity contribution >= 4 is 29.3 Å². The van der Waals surface area contributed by atoms with Crippen LogP contribution in [0.1, 0.15) is 15.9 Å². The van der Waals surface area contributed by atoms with Crippen molar-refractivity contribution in [2.24, 2.45) is 0 Å². The highest BCUT2D eigenvalue weighted by molar-refractivity contribution is 7.99. The molecule has 0 atom stereocenters. The predicted molar refractivity (Wildman–Crippen MR) is 107 cm³/mol. The number of amides is 2. The molecule has 2 amide bonds. The molecule has 2 aromatic carbocycles. The van der Waals surface area contributed by atoms with E-state index in [1.165, 1.54) is 11.8 Å². The maximum Gasteiger partial charge on any atom is 0.258 e. The predicted octanol–water partition coefficient (Wildman–Crippen LogP) is 3.77. The summed E-state index contributed by atoms with van der Waals surface area (Å²) >= 11 is 1.45. The third-order valence-electron chi connectivity index (χ3n) is 3.83. The van der Waals surface area contributed by atoms with Crippen molar-refractivity contribution in [2.45, 2.75) is 16.3 Å². The molecule has 0 spiro atoms. The minimum absolute atomic E-state index is 0.0512. The maximum absolute atomic E-state index is 12.7. The number of nitrogens with zero attached hydrogens (tertiary/aromatic N) is 1. The van der Waals surface area contributed by atoms with Gasteiger partial charge in [-0.25, -0.2) is 4.98 Å². The van der Waals surface area contributed by atoms with E-state index in [-0.39, 0.29) is 11.8 Å². The zero-order chi connectivity index (χ0) is 19.1. The van der Waals surface area contributed by atoms with E-state index in [1.54, 1.807) is 37.5 Å². The van der Waals surface area contributed by atoms with Crippen LogP contribution < -0.4 is 10.6 Å². The van der Waals surface area contributed by atoms with E-state index >= 15 is 0 Å². The molecule has 3 aromatic rings. The summed E-state index contributed by atoms with van der Waals surface area (Å²) in [5.41, 5.74) is 2.06. The fraction of sp³-hybridized carbons (Fsp3) is 0.0952. The summed E-state index contributed by atoms with van der Waals surface area (Å²) in [5.74, 6) is -0.273. The number of nitrogens with one attached hydrogen (secondary N) is 2. The molecule has 0 saturated heterocycles. The van der Waals surface area contributed by atoms with E-state index in [0.717, 1.165) is 10.5 Å². The number of benzene rings is 2. The third-order valence-corrected chi connectivity index (χ3v) is 4.86. The molecule has 27 heavy (non-hydrogen) atoms. The summed E-state index contributed by atoms with van der Waals surface area (Å²) in [6.07, 6.45) is 1.99. The lowest BCUT2D eigenvalue weighted by Gasteiger charge is -2.10. The van der Waals surface area contributed by atoms with Crippen LogP contribution in [0.5, 0.6) is 0 Å². The van der Waals surface area contributed by atoms with Crippen molar-refractivity contribution in [1.82, 2.24) is 10.3 Å². The second-order valence-corrected chi connectivity index (χ2v) is 6.83. The molecule has 136 valence electrons. The molecule has 1 heterocycles. The summed E-state index contributed by atoms with van der Waals surface area (Å²) in [6.45, 7) is 0. The molecule has 6 heteroatoms. The number of pyridine rings is 1. The second kappa shape index (κ2) is 9.00. The number of hydrogen-bond donors (Lipinski definition) is 2. The quantitative estimate of drug-likeness (QED) is 0.686. The average Bonchev–Trinajstić information content (AvgIpc) is 2.70. The molecule has 0 aliphatic carbocycles. The van der Waals surface area contributed by atoms with Gasteiger partial charge in [0.25, 0.3) is 5.91 Å². The lowest BCUT2D eigenvalue weighted by atomic mass is 10.1. The van der Waals surface area contributed by atoms with Gasteiger partial charge in [0.15, 0.2) is 0 Å². The summed E-state index contributed by atoms with van der Waals surface area (Å²) < 4.78 is 0. The summed E-state index contributed by atoms with van der Waals surface area (Å²) in [5, 5.41) is 6.13.